The highest BCUT2D eigenvalue weighted by Crippen LogP contribution is 2.20. The Balaban J connectivity index is 1.60. The van der Waals surface area contributed by atoms with Gasteiger partial charge in [-0.2, -0.15) is 0 Å². The van der Waals surface area contributed by atoms with E-state index in [1.807, 2.05) is 24.4 Å². The van der Waals surface area contributed by atoms with Gasteiger partial charge in [-0.25, -0.2) is 0 Å². The zero-order valence-corrected chi connectivity index (χ0v) is 13.3. The Labute approximate surface area is 133 Å². The second-order valence-corrected chi connectivity index (χ2v) is 6.68. The first-order chi connectivity index (χ1) is 10.6. The van der Waals surface area contributed by atoms with Crippen LogP contribution in [0.4, 0.5) is 0 Å². The summed E-state index contributed by atoms with van der Waals surface area (Å²) in [4.78, 5) is 32.6. The summed E-state index contributed by atoms with van der Waals surface area (Å²) in [5, 5.41) is 8.59. The van der Waals surface area contributed by atoms with Gasteiger partial charge in [-0.1, -0.05) is 11.2 Å². The van der Waals surface area contributed by atoms with Crippen molar-refractivity contribution in [2.75, 3.05) is 6.54 Å². The second-order valence-electron chi connectivity index (χ2n) is 5.65. The van der Waals surface area contributed by atoms with E-state index in [-0.39, 0.29) is 17.9 Å². The van der Waals surface area contributed by atoms with Crippen LogP contribution in [-0.4, -0.2) is 41.2 Å². The molecule has 1 N–H and O–H groups in total. The van der Waals surface area contributed by atoms with E-state index in [0.717, 1.165) is 11.3 Å². The third-order valence-electron chi connectivity index (χ3n) is 3.87. The van der Waals surface area contributed by atoms with Crippen LogP contribution in [0, 0.1) is 0 Å². The molecule has 1 aromatic rings. The van der Waals surface area contributed by atoms with Crippen molar-refractivity contribution in [2.45, 2.75) is 44.8 Å². The molecule has 2 aliphatic heterocycles. The van der Waals surface area contributed by atoms with Crippen LogP contribution in [-0.2, 0) is 20.8 Å². The minimum absolute atomic E-state index is 0.00422. The molecule has 1 saturated heterocycles. The van der Waals surface area contributed by atoms with Crippen LogP contribution >= 0.6 is 11.3 Å². The maximum absolute atomic E-state index is 12.4. The molecule has 0 radical (unpaired) electrons. The molecule has 0 unspecified atom stereocenters. The molecule has 0 bridgehead atoms. The largest absolute Gasteiger partial charge is 0.391 e. The van der Waals surface area contributed by atoms with Crippen molar-refractivity contribution in [1.29, 1.82) is 0 Å². The number of carbonyl (C=O) groups excluding carboxylic acids is 2. The number of oxime groups is 1. The summed E-state index contributed by atoms with van der Waals surface area (Å²) in [5.41, 5.74) is 0. The molecule has 1 fully saturated rings. The first-order valence-corrected chi connectivity index (χ1v) is 8.37. The Morgan fingerprint density at radius 1 is 1.55 bits per heavy atom. The Kier molecular flexibility index (Phi) is 4.42. The van der Waals surface area contributed by atoms with E-state index < -0.39 is 6.04 Å². The third kappa shape index (κ3) is 3.30. The normalized spacial score (nSPS) is 24.0. The van der Waals surface area contributed by atoms with Crippen molar-refractivity contribution in [3.63, 3.8) is 0 Å². The number of thiophene rings is 1. The third-order valence-corrected chi connectivity index (χ3v) is 4.75. The zero-order valence-electron chi connectivity index (χ0n) is 12.4. The van der Waals surface area contributed by atoms with Crippen LogP contribution in [0.5, 0.6) is 0 Å². The summed E-state index contributed by atoms with van der Waals surface area (Å²) in [6.45, 7) is 2.54. The fourth-order valence-electron chi connectivity index (χ4n) is 2.80. The zero-order chi connectivity index (χ0) is 15.5. The van der Waals surface area contributed by atoms with E-state index in [4.69, 9.17) is 4.84 Å². The van der Waals surface area contributed by atoms with Gasteiger partial charge in [0, 0.05) is 17.8 Å². The molecule has 6 nitrogen and oxygen atoms in total. The van der Waals surface area contributed by atoms with Crippen LogP contribution in [0.25, 0.3) is 0 Å². The SMILES string of the molecule is C[C@@H]1CC(NC(=O)[C@@H]2CCCN2C(=O)Cc2cccs2)=NO1. The summed E-state index contributed by atoms with van der Waals surface area (Å²) >= 11 is 1.56. The number of hydrogen-bond acceptors (Lipinski definition) is 5. The van der Waals surface area contributed by atoms with Gasteiger partial charge in [0.15, 0.2) is 5.84 Å². The van der Waals surface area contributed by atoms with Gasteiger partial charge in [0.25, 0.3) is 0 Å². The molecule has 0 spiro atoms. The number of nitrogens with zero attached hydrogens (tertiary/aromatic N) is 2. The molecular formula is C15H19N3O3S. The number of hydrogen-bond donors (Lipinski definition) is 1. The highest BCUT2D eigenvalue weighted by molar-refractivity contribution is 7.10. The van der Waals surface area contributed by atoms with E-state index in [1.54, 1.807) is 16.2 Å². The number of carbonyl (C=O) groups is 2. The van der Waals surface area contributed by atoms with Crippen molar-refractivity contribution in [2.24, 2.45) is 5.16 Å². The summed E-state index contributed by atoms with van der Waals surface area (Å²) in [7, 11) is 0. The predicted octanol–water partition coefficient (Wildman–Crippen LogP) is 1.52. The Bertz CT molecular complexity index is 585. The van der Waals surface area contributed by atoms with Crippen LogP contribution in [0.1, 0.15) is 31.1 Å². The molecular weight excluding hydrogens is 302 g/mol. The first kappa shape index (κ1) is 15.0. The van der Waals surface area contributed by atoms with Gasteiger partial charge in [0.05, 0.1) is 6.42 Å². The predicted molar refractivity (Wildman–Crippen MR) is 83.5 cm³/mol. The van der Waals surface area contributed by atoms with Gasteiger partial charge >= 0.3 is 0 Å². The molecule has 2 aliphatic rings. The van der Waals surface area contributed by atoms with E-state index >= 15 is 0 Å². The quantitative estimate of drug-likeness (QED) is 0.917. The van der Waals surface area contributed by atoms with Crippen LogP contribution in [0.2, 0.25) is 0 Å². The van der Waals surface area contributed by atoms with E-state index in [0.29, 0.717) is 31.6 Å². The lowest BCUT2D eigenvalue weighted by molar-refractivity contribution is -0.137. The van der Waals surface area contributed by atoms with Crippen LogP contribution in [0.3, 0.4) is 0 Å². The fourth-order valence-corrected chi connectivity index (χ4v) is 3.50. The molecule has 3 rings (SSSR count). The van der Waals surface area contributed by atoms with Gasteiger partial charge in [-0.3, -0.25) is 9.59 Å². The van der Waals surface area contributed by atoms with Gasteiger partial charge in [0.1, 0.15) is 12.1 Å². The maximum atomic E-state index is 12.4. The lowest BCUT2D eigenvalue weighted by atomic mass is 10.2. The highest BCUT2D eigenvalue weighted by atomic mass is 32.1. The maximum Gasteiger partial charge on any atom is 0.248 e. The van der Waals surface area contributed by atoms with Gasteiger partial charge < -0.3 is 15.1 Å². The molecule has 118 valence electrons. The molecule has 0 saturated carbocycles. The first-order valence-electron chi connectivity index (χ1n) is 7.49. The Morgan fingerprint density at radius 2 is 2.41 bits per heavy atom. The number of nitrogens with one attached hydrogen (secondary N) is 1. The van der Waals surface area contributed by atoms with Gasteiger partial charge in [-0.05, 0) is 31.2 Å². The average molecular weight is 321 g/mol. The summed E-state index contributed by atoms with van der Waals surface area (Å²) in [6, 6.07) is 3.48. The minimum atomic E-state index is -0.397. The van der Waals surface area contributed by atoms with Crippen molar-refractivity contribution < 1.29 is 14.4 Å². The minimum Gasteiger partial charge on any atom is -0.391 e. The van der Waals surface area contributed by atoms with Crippen molar-refractivity contribution in [1.82, 2.24) is 10.2 Å². The lowest BCUT2D eigenvalue weighted by Gasteiger charge is -2.23. The Morgan fingerprint density at radius 3 is 3.09 bits per heavy atom. The molecule has 7 heteroatoms. The summed E-state index contributed by atoms with van der Waals surface area (Å²) in [5.74, 6) is 0.404. The molecule has 0 aromatic carbocycles. The molecule has 2 atom stereocenters. The van der Waals surface area contributed by atoms with Crippen LogP contribution in [0.15, 0.2) is 22.7 Å². The van der Waals surface area contributed by atoms with E-state index in [9.17, 15) is 9.59 Å². The number of amides is 2. The molecule has 22 heavy (non-hydrogen) atoms. The second kappa shape index (κ2) is 6.48. The number of likely N-dealkylation sites (tertiary alicyclic amines) is 1. The average Bonchev–Trinajstić information content (AvgIpc) is 3.19. The topological polar surface area (TPSA) is 71.0 Å². The number of rotatable bonds is 3. The number of amidine groups is 1. The lowest BCUT2D eigenvalue weighted by Crippen LogP contribution is -2.47. The molecule has 2 amide bonds. The molecule has 1 aromatic heterocycles. The van der Waals surface area contributed by atoms with E-state index in [2.05, 4.69) is 10.5 Å². The van der Waals surface area contributed by atoms with Crippen molar-refractivity contribution >= 4 is 29.0 Å². The van der Waals surface area contributed by atoms with Crippen molar-refractivity contribution in [3.8, 4) is 0 Å². The van der Waals surface area contributed by atoms with Crippen molar-refractivity contribution in [3.05, 3.63) is 22.4 Å². The Hall–Kier alpha value is -1.89. The highest BCUT2D eigenvalue weighted by Gasteiger charge is 2.35. The molecule has 0 aliphatic carbocycles. The van der Waals surface area contributed by atoms with Gasteiger partial charge in [-0.15, -0.1) is 11.3 Å². The summed E-state index contributed by atoms with van der Waals surface area (Å²) in [6.07, 6.45) is 2.51. The van der Waals surface area contributed by atoms with Gasteiger partial charge in [0.2, 0.25) is 11.8 Å². The van der Waals surface area contributed by atoms with Crippen LogP contribution < -0.4 is 5.32 Å². The fraction of sp³-hybridized carbons (Fsp3) is 0.533. The monoisotopic (exact) mass is 321 g/mol. The smallest absolute Gasteiger partial charge is 0.248 e. The standard InChI is InChI=1S/C15H19N3O3S/c1-10-8-13(17-21-10)16-15(20)12-5-2-6-18(12)14(19)9-11-4-3-7-22-11/h3-4,7,10,12H,2,5-6,8-9H2,1H3,(H,16,17,20)/t10-,12+/m1/s1. The summed E-state index contributed by atoms with van der Waals surface area (Å²) < 4.78 is 0. The molecule has 3 heterocycles. The van der Waals surface area contributed by atoms with E-state index in [1.165, 1.54) is 0 Å².